The topological polar surface area (TPSA) is 48.5 Å². The summed E-state index contributed by atoms with van der Waals surface area (Å²) in [7, 11) is 0. The van der Waals surface area contributed by atoms with Crippen molar-refractivity contribution in [3.8, 4) is 0 Å². The van der Waals surface area contributed by atoms with Crippen molar-refractivity contribution in [1.82, 2.24) is 20.1 Å². The van der Waals surface area contributed by atoms with Crippen LogP contribution in [0.2, 0.25) is 0 Å². The van der Waals surface area contributed by atoms with Crippen molar-refractivity contribution in [3.05, 3.63) is 42.1 Å². The number of aromatic nitrogens is 1. The maximum absolute atomic E-state index is 11.8. The van der Waals surface area contributed by atoms with E-state index in [1.807, 2.05) is 30.2 Å². The zero-order valence-corrected chi connectivity index (χ0v) is 14.4. The first-order chi connectivity index (χ1) is 11.8. The van der Waals surface area contributed by atoms with Crippen LogP contribution in [-0.2, 0) is 6.42 Å². The highest BCUT2D eigenvalue weighted by atomic mass is 16.2. The molecule has 1 saturated heterocycles. The molecule has 0 bridgehead atoms. The number of fused-ring (bicyclic) bond motifs is 1. The zero-order chi connectivity index (χ0) is 16.8. The highest BCUT2D eigenvalue weighted by molar-refractivity contribution is 5.78. The van der Waals surface area contributed by atoms with E-state index in [-0.39, 0.29) is 6.03 Å². The molecule has 1 N–H and O–H groups in total. The van der Waals surface area contributed by atoms with Gasteiger partial charge in [0, 0.05) is 44.3 Å². The summed E-state index contributed by atoms with van der Waals surface area (Å²) in [6.07, 6.45) is 4.17. The van der Waals surface area contributed by atoms with Crippen LogP contribution in [0, 0.1) is 0 Å². The molecular weight excluding hydrogens is 300 g/mol. The van der Waals surface area contributed by atoms with Crippen molar-refractivity contribution < 1.29 is 4.79 Å². The van der Waals surface area contributed by atoms with Crippen LogP contribution in [0.1, 0.15) is 18.9 Å². The smallest absolute Gasteiger partial charge is 0.317 e. The maximum Gasteiger partial charge on any atom is 0.317 e. The Morgan fingerprint density at radius 1 is 1.21 bits per heavy atom. The van der Waals surface area contributed by atoms with Crippen LogP contribution in [0.3, 0.4) is 0 Å². The molecule has 0 saturated carbocycles. The summed E-state index contributed by atoms with van der Waals surface area (Å²) in [4.78, 5) is 20.7. The summed E-state index contributed by atoms with van der Waals surface area (Å²) in [6, 6.07) is 10.6. The summed E-state index contributed by atoms with van der Waals surface area (Å²) < 4.78 is 0. The number of nitrogens with one attached hydrogen (secondary N) is 1. The Morgan fingerprint density at radius 3 is 2.79 bits per heavy atom. The van der Waals surface area contributed by atoms with Crippen LogP contribution >= 0.6 is 0 Å². The average Bonchev–Trinajstić information content (AvgIpc) is 2.62. The minimum Gasteiger partial charge on any atom is -0.338 e. The predicted molar refractivity (Wildman–Crippen MR) is 97.1 cm³/mol. The number of hydrogen-bond donors (Lipinski definition) is 1. The first kappa shape index (κ1) is 16.7. The number of pyridine rings is 1. The molecule has 0 aliphatic carbocycles. The van der Waals surface area contributed by atoms with Gasteiger partial charge in [0.25, 0.3) is 0 Å². The van der Waals surface area contributed by atoms with Crippen LogP contribution < -0.4 is 5.32 Å². The number of carbonyl (C=O) groups excluding carboxylic acids is 1. The van der Waals surface area contributed by atoms with Crippen LogP contribution in [-0.4, -0.2) is 60.1 Å². The predicted octanol–water partition coefficient (Wildman–Crippen LogP) is 2.51. The second-order valence-corrected chi connectivity index (χ2v) is 6.30. The molecule has 1 aliphatic heterocycles. The lowest BCUT2D eigenvalue weighted by Crippen LogP contribution is -2.51. The van der Waals surface area contributed by atoms with E-state index in [2.05, 4.69) is 33.4 Å². The van der Waals surface area contributed by atoms with Gasteiger partial charge in [-0.2, -0.15) is 0 Å². The van der Waals surface area contributed by atoms with Crippen molar-refractivity contribution in [2.24, 2.45) is 0 Å². The fraction of sp³-hybridized carbons (Fsp3) is 0.474. The third kappa shape index (κ3) is 4.23. The second-order valence-electron chi connectivity index (χ2n) is 6.30. The maximum atomic E-state index is 11.8. The molecule has 0 spiro atoms. The van der Waals surface area contributed by atoms with Gasteiger partial charge < -0.3 is 10.2 Å². The standard InChI is InChI=1S/C19H26N4O/c1-2-20-19(24)23-12-10-22(11-13-23)9-5-6-16-14-17-7-3-4-8-18(17)21-15-16/h3-4,7-8,14-15H,2,5-6,9-13H2,1H3,(H,20,24). The van der Waals surface area contributed by atoms with Crippen molar-refractivity contribution in [2.75, 3.05) is 39.3 Å². The second kappa shape index (κ2) is 8.11. The summed E-state index contributed by atoms with van der Waals surface area (Å²) >= 11 is 0. The van der Waals surface area contributed by atoms with Gasteiger partial charge in [-0.15, -0.1) is 0 Å². The van der Waals surface area contributed by atoms with Gasteiger partial charge >= 0.3 is 6.03 Å². The minimum absolute atomic E-state index is 0.0689. The molecule has 2 amide bonds. The van der Waals surface area contributed by atoms with Crippen LogP contribution in [0.4, 0.5) is 4.79 Å². The molecule has 24 heavy (non-hydrogen) atoms. The largest absolute Gasteiger partial charge is 0.338 e. The summed E-state index contributed by atoms with van der Waals surface area (Å²) in [5.41, 5.74) is 2.36. The van der Waals surface area contributed by atoms with Gasteiger partial charge in [-0.1, -0.05) is 18.2 Å². The normalized spacial score (nSPS) is 15.6. The number of piperazine rings is 1. The first-order valence-corrected chi connectivity index (χ1v) is 8.85. The minimum atomic E-state index is 0.0689. The molecule has 2 aromatic rings. The molecule has 1 aromatic heterocycles. The van der Waals surface area contributed by atoms with Gasteiger partial charge in [0.1, 0.15) is 0 Å². The number of amides is 2. The number of rotatable bonds is 5. The Morgan fingerprint density at radius 2 is 2.00 bits per heavy atom. The van der Waals surface area contributed by atoms with E-state index >= 15 is 0 Å². The molecule has 2 heterocycles. The Balaban J connectivity index is 1.43. The average molecular weight is 326 g/mol. The van der Waals surface area contributed by atoms with Gasteiger partial charge in [0.15, 0.2) is 0 Å². The molecule has 5 heteroatoms. The first-order valence-electron chi connectivity index (χ1n) is 8.85. The quantitative estimate of drug-likeness (QED) is 0.918. The van der Waals surface area contributed by atoms with Crippen LogP contribution in [0.5, 0.6) is 0 Å². The third-order valence-corrected chi connectivity index (χ3v) is 4.57. The Hall–Kier alpha value is -2.14. The fourth-order valence-corrected chi connectivity index (χ4v) is 3.20. The van der Waals surface area contributed by atoms with Crippen molar-refractivity contribution in [2.45, 2.75) is 19.8 Å². The Bertz CT molecular complexity index is 680. The monoisotopic (exact) mass is 326 g/mol. The van der Waals surface area contributed by atoms with Crippen LogP contribution in [0.15, 0.2) is 36.5 Å². The van der Waals surface area contributed by atoms with E-state index in [1.165, 1.54) is 10.9 Å². The van der Waals surface area contributed by atoms with E-state index in [0.29, 0.717) is 6.54 Å². The molecule has 0 radical (unpaired) electrons. The third-order valence-electron chi connectivity index (χ3n) is 4.57. The molecule has 3 rings (SSSR count). The highest BCUT2D eigenvalue weighted by Gasteiger charge is 2.19. The summed E-state index contributed by atoms with van der Waals surface area (Å²) in [5, 5.41) is 4.08. The molecule has 0 atom stereocenters. The van der Waals surface area contributed by atoms with Crippen molar-refractivity contribution in [3.63, 3.8) is 0 Å². The van der Waals surface area contributed by atoms with E-state index in [9.17, 15) is 4.79 Å². The lowest BCUT2D eigenvalue weighted by Gasteiger charge is -2.34. The lowest BCUT2D eigenvalue weighted by molar-refractivity contribution is 0.139. The SMILES string of the molecule is CCNC(=O)N1CCN(CCCc2cnc3ccccc3c2)CC1. The lowest BCUT2D eigenvalue weighted by atomic mass is 10.1. The number of para-hydroxylation sites is 1. The number of aryl methyl sites for hydroxylation is 1. The number of benzene rings is 1. The van der Waals surface area contributed by atoms with Gasteiger partial charge in [0.2, 0.25) is 0 Å². The van der Waals surface area contributed by atoms with Gasteiger partial charge in [-0.25, -0.2) is 4.79 Å². The van der Waals surface area contributed by atoms with E-state index in [4.69, 9.17) is 0 Å². The Labute approximate surface area is 143 Å². The van der Waals surface area contributed by atoms with E-state index in [0.717, 1.165) is 51.1 Å². The van der Waals surface area contributed by atoms with E-state index < -0.39 is 0 Å². The molecular formula is C19H26N4O. The van der Waals surface area contributed by atoms with Gasteiger partial charge in [-0.05, 0) is 44.0 Å². The number of nitrogens with zero attached hydrogens (tertiary/aromatic N) is 3. The van der Waals surface area contributed by atoms with Crippen molar-refractivity contribution in [1.29, 1.82) is 0 Å². The van der Waals surface area contributed by atoms with Crippen molar-refractivity contribution >= 4 is 16.9 Å². The Kier molecular flexibility index (Phi) is 5.64. The molecule has 128 valence electrons. The number of carbonyl (C=O) groups is 1. The molecule has 1 aliphatic rings. The summed E-state index contributed by atoms with van der Waals surface area (Å²) in [5.74, 6) is 0. The van der Waals surface area contributed by atoms with Gasteiger partial charge in [-0.3, -0.25) is 9.88 Å². The molecule has 1 fully saturated rings. The fourth-order valence-electron chi connectivity index (χ4n) is 3.20. The highest BCUT2D eigenvalue weighted by Crippen LogP contribution is 2.14. The summed E-state index contributed by atoms with van der Waals surface area (Å²) in [6.45, 7) is 7.30. The van der Waals surface area contributed by atoms with Crippen LogP contribution in [0.25, 0.3) is 10.9 Å². The zero-order valence-electron chi connectivity index (χ0n) is 14.4. The van der Waals surface area contributed by atoms with E-state index in [1.54, 1.807) is 0 Å². The molecule has 5 nitrogen and oxygen atoms in total. The van der Waals surface area contributed by atoms with Gasteiger partial charge in [0.05, 0.1) is 5.52 Å². The number of hydrogen-bond acceptors (Lipinski definition) is 3. The molecule has 1 aromatic carbocycles. The number of urea groups is 1. The molecule has 0 unspecified atom stereocenters.